The quantitative estimate of drug-likeness (QED) is 0.643. The highest BCUT2D eigenvalue weighted by Gasteiger charge is 2.47. The molecule has 0 bridgehead atoms. The maximum Gasteiger partial charge on any atom is 0.323 e. The molecule has 7 nitrogen and oxygen atoms in total. The maximum absolute atomic E-state index is 13.5. The van der Waals surface area contributed by atoms with E-state index in [9.17, 15) is 9.59 Å². The second-order valence-electron chi connectivity index (χ2n) is 8.37. The van der Waals surface area contributed by atoms with Gasteiger partial charge in [0.2, 0.25) is 5.82 Å². The zero-order chi connectivity index (χ0) is 21.6. The van der Waals surface area contributed by atoms with E-state index in [4.69, 9.17) is 17.3 Å². The van der Waals surface area contributed by atoms with Crippen molar-refractivity contribution in [3.63, 3.8) is 0 Å². The number of primary amides is 1. The molecule has 31 heavy (non-hydrogen) atoms. The Kier molecular flexibility index (Phi) is 4.85. The molecular formula is C23H24ClN5O2. The summed E-state index contributed by atoms with van der Waals surface area (Å²) in [6, 6.07) is 13.1. The largest absolute Gasteiger partial charge is 0.363 e. The third-order valence-corrected chi connectivity index (χ3v) is 6.94. The van der Waals surface area contributed by atoms with Crippen molar-refractivity contribution in [3.05, 3.63) is 65.1 Å². The van der Waals surface area contributed by atoms with Crippen molar-refractivity contribution in [1.29, 1.82) is 0 Å². The van der Waals surface area contributed by atoms with Crippen molar-refractivity contribution in [3.8, 4) is 0 Å². The average Bonchev–Trinajstić information content (AvgIpc) is 3.42. The molecule has 3 heterocycles. The highest BCUT2D eigenvalue weighted by atomic mass is 35.5. The van der Waals surface area contributed by atoms with Crippen LogP contribution in [0.2, 0.25) is 5.02 Å². The summed E-state index contributed by atoms with van der Waals surface area (Å²) in [4.78, 5) is 31.4. The minimum atomic E-state index is -0.635. The van der Waals surface area contributed by atoms with Crippen molar-refractivity contribution in [2.45, 2.75) is 37.6 Å². The second-order valence-corrected chi connectivity index (χ2v) is 8.81. The molecule has 1 saturated heterocycles. The molecule has 1 aromatic carbocycles. The lowest BCUT2D eigenvalue weighted by molar-refractivity contribution is 0.0989. The molecule has 5 rings (SSSR count). The molecule has 2 aliphatic rings. The summed E-state index contributed by atoms with van der Waals surface area (Å²) in [5, 5.41) is 3.99. The maximum atomic E-state index is 13.5. The normalized spacial score (nSPS) is 22.1. The Hall–Kier alpha value is -3.06. The highest BCUT2D eigenvalue weighted by molar-refractivity contribution is 6.30. The van der Waals surface area contributed by atoms with E-state index in [1.54, 1.807) is 21.6 Å². The van der Waals surface area contributed by atoms with Crippen molar-refractivity contribution >= 4 is 34.9 Å². The number of anilines is 1. The van der Waals surface area contributed by atoms with Crippen LogP contribution in [-0.4, -0.2) is 27.9 Å². The molecule has 2 aromatic heterocycles. The first-order valence-corrected chi connectivity index (χ1v) is 11.0. The third-order valence-electron chi connectivity index (χ3n) is 6.70. The van der Waals surface area contributed by atoms with Gasteiger partial charge < -0.3 is 11.1 Å². The van der Waals surface area contributed by atoms with E-state index in [0.717, 1.165) is 24.8 Å². The van der Waals surface area contributed by atoms with E-state index in [2.05, 4.69) is 16.4 Å². The number of nitrogens with two attached hydrogens (primary N) is 1. The summed E-state index contributed by atoms with van der Waals surface area (Å²) in [6.45, 7) is 0.481. The van der Waals surface area contributed by atoms with Crippen LogP contribution in [0, 0.1) is 5.92 Å². The summed E-state index contributed by atoms with van der Waals surface area (Å²) < 4.78 is 1.63. The van der Waals surface area contributed by atoms with Crippen LogP contribution in [0.3, 0.4) is 0 Å². The number of carbonyl (C=O) groups excluding carboxylic acids is 2. The molecule has 8 heteroatoms. The van der Waals surface area contributed by atoms with Gasteiger partial charge in [0, 0.05) is 17.8 Å². The minimum Gasteiger partial charge on any atom is -0.363 e. The number of pyridine rings is 1. The molecule has 160 valence electrons. The number of halogens is 1. The molecule has 3 aromatic rings. The van der Waals surface area contributed by atoms with Crippen molar-refractivity contribution in [2.24, 2.45) is 11.7 Å². The number of benzene rings is 1. The Morgan fingerprint density at radius 2 is 2.00 bits per heavy atom. The van der Waals surface area contributed by atoms with E-state index < -0.39 is 11.4 Å². The van der Waals surface area contributed by atoms with Gasteiger partial charge in [0.15, 0.2) is 5.82 Å². The SMILES string of the molecule is NC(=O)c1nc(N2CCC(c3cccc(Cl)c3)(C3CCCC3)NC2=O)c2ccccn12. The van der Waals surface area contributed by atoms with Crippen LogP contribution in [0.1, 0.15) is 48.3 Å². The monoisotopic (exact) mass is 437 g/mol. The molecule has 2 fully saturated rings. The number of fused-ring (bicyclic) bond motifs is 1. The molecular weight excluding hydrogens is 414 g/mol. The van der Waals surface area contributed by atoms with E-state index in [1.165, 1.54) is 12.8 Å². The molecule has 1 unspecified atom stereocenters. The van der Waals surface area contributed by atoms with Crippen LogP contribution in [0.5, 0.6) is 0 Å². The van der Waals surface area contributed by atoms with Gasteiger partial charge in [-0.3, -0.25) is 14.1 Å². The van der Waals surface area contributed by atoms with Crippen LogP contribution in [-0.2, 0) is 5.54 Å². The van der Waals surface area contributed by atoms with E-state index in [1.807, 2.05) is 30.3 Å². The molecule has 1 aliphatic carbocycles. The first-order chi connectivity index (χ1) is 15.0. The number of amides is 3. The van der Waals surface area contributed by atoms with Gasteiger partial charge in [0.25, 0.3) is 5.91 Å². The fourth-order valence-corrected chi connectivity index (χ4v) is 5.44. The Morgan fingerprint density at radius 1 is 1.19 bits per heavy atom. The average molecular weight is 438 g/mol. The Bertz CT molecular complexity index is 1170. The van der Waals surface area contributed by atoms with Gasteiger partial charge in [-0.05, 0) is 55.0 Å². The van der Waals surface area contributed by atoms with Crippen LogP contribution >= 0.6 is 11.6 Å². The molecule has 0 spiro atoms. The number of aromatic nitrogens is 2. The van der Waals surface area contributed by atoms with Gasteiger partial charge in [-0.25, -0.2) is 9.78 Å². The molecule has 1 aliphatic heterocycles. The summed E-state index contributed by atoms with van der Waals surface area (Å²) in [6.07, 6.45) is 6.93. The van der Waals surface area contributed by atoms with Gasteiger partial charge in [0.1, 0.15) is 0 Å². The van der Waals surface area contributed by atoms with Gasteiger partial charge >= 0.3 is 6.03 Å². The first-order valence-electron chi connectivity index (χ1n) is 10.6. The van der Waals surface area contributed by atoms with Crippen LogP contribution < -0.4 is 16.0 Å². The number of hydrogen-bond acceptors (Lipinski definition) is 3. The number of carbonyl (C=O) groups is 2. The van der Waals surface area contributed by atoms with Crippen LogP contribution in [0.15, 0.2) is 48.7 Å². The molecule has 3 amide bonds. The smallest absolute Gasteiger partial charge is 0.323 e. The van der Waals surface area contributed by atoms with Crippen molar-refractivity contribution < 1.29 is 9.59 Å². The number of hydrogen-bond donors (Lipinski definition) is 2. The predicted octanol–water partition coefficient (Wildman–Crippen LogP) is 4.09. The summed E-state index contributed by atoms with van der Waals surface area (Å²) in [5.74, 6) is 0.278. The summed E-state index contributed by atoms with van der Waals surface area (Å²) in [7, 11) is 0. The van der Waals surface area contributed by atoms with Gasteiger partial charge in [0.05, 0.1) is 11.1 Å². The number of imidazole rings is 1. The standard InChI is InChI=1S/C23H24ClN5O2/c24-17-9-5-8-16(14-17)23(15-6-1-2-7-15)11-13-29(22(31)27-23)20-18-10-3-4-12-28(18)21(26-20)19(25)30/h3-5,8-10,12,14-15H,1-2,6-7,11,13H2,(H2,25,30)(H,27,31). The van der Waals surface area contributed by atoms with Crippen molar-refractivity contribution in [1.82, 2.24) is 14.7 Å². The third kappa shape index (κ3) is 3.24. The molecule has 1 saturated carbocycles. The lowest BCUT2D eigenvalue weighted by Crippen LogP contribution is -2.61. The minimum absolute atomic E-state index is 0.112. The topological polar surface area (TPSA) is 92.7 Å². The number of rotatable bonds is 4. The molecule has 1 atom stereocenters. The van der Waals surface area contributed by atoms with Crippen LogP contribution in [0.25, 0.3) is 5.52 Å². The highest BCUT2D eigenvalue weighted by Crippen LogP contribution is 2.45. The molecule has 0 radical (unpaired) electrons. The zero-order valence-corrected chi connectivity index (χ0v) is 17.8. The van der Waals surface area contributed by atoms with Gasteiger partial charge in [-0.2, -0.15) is 0 Å². The van der Waals surface area contributed by atoms with Gasteiger partial charge in [-0.1, -0.05) is 42.6 Å². The predicted molar refractivity (Wildman–Crippen MR) is 119 cm³/mol. The fourth-order valence-electron chi connectivity index (χ4n) is 5.25. The Morgan fingerprint density at radius 3 is 2.71 bits per heavy atom. The second kappa shape index (κ2) is 7.57. The van der Waals surface area contributed by atoms with Crippen molar-refractivity contribution in [2.75, 3.05) is 11.4 Å². The molecule has 3 N–H and O–H groups in total. The number of urea groups is 1. The zero-order valence-electron chi connectivity index (χ0n) is 17.1. The van der Waals surface area contributed by atoms with Gasteiger partial charge in [-0.15, -0.1) is 0 Å². The Labute approximate surface area is 185 Å². The Balaban J connectivity index is 1.54. The number of nitrogens with zero attached hydrogens (tertiary/aromatic N) is 3. The number of nitrogens with one attached hydrogen (secondary N) is 1. The lowest BCUT2D eigenvalue weighted by Gasteiger charge is -2.46. The van der Waals surface area contributed by atoms with E-state index in [-0.39, 0.29) is 11.9 Å². The summed E-state index contributed by atoms with van der Waals surface area (Å²) >= 11 is 6.31. The first kappa shape index (κ1) is 19.9. The van der Waals surface area contributed by atoms with E-state index >= 15 is 0 Å². The summed E-state index contributed by atoms with van der Waals surface area (Å²) in [5.41, 5.74) is 6.78. The van der Waals surface area contributed by atoms with Crippen LogP contribution in [0.4, 0.5) is 10.6 Å². The van der Waals surface area contributed by atoms with E-state index in [0.29, 0.717) is 28.8 Å². The lowest BCUT2D eigenvalue weighted by atomic mass is 9.73. The fraction of sp³-hybridized carbons (Fsp3) is 0.348.